The van der Waals surface area contributed by atoms with Crippen LogP contribution >= 0.6 is 0 Å². The van der Waals surface area contributed by atoms with Crippen LogP contribution in [0.25, 0.3) is 0 Å². The van der Waals surface area contributed by atoms with Crippen LogP contribution in [0.2, 0.25) is 0 Å². The minimum absolute atomic E-state index is 0.180. The highest BCUT2D eigenvalue weighted by Crippen LogP contribution is 2.14. The maximum atomic E-state index is 11.7. The van der Waals surface area contributed by atoms with E-state index in [0.717, 1.165) is 17.8 Å². The first-order valence-electron chi connectivity index (χ1n) is 5.74. The second-order valence-electron chi connectivity index (χ2n) is 5.02. The maximum absolute atomic E-state index is 11.7. The zero-order chi connectivity index (χ0) is 12.9. The van der Waals surface area contributed by atoms with Crippen LogP contribution in [0.5, 0.6) is 0 Å². The summed E-state index contributed by atoms with van der Waals surface area (Å²) in [4.78, 5) is 11.7. The van der Waals surface area contributed by atoms with Crippen LogP contribution in [0, 0.1) is 0 Å². The lowest BCUT2D eigenvalue weighted by Crippen LogP contribution is -2.43. The van der Waals surface area contributed by atoms with Crippen molar-refractivity contribution < 1.29 is 4.79 Å². The molecule has 0 radical (unpaired) electrons. The molecule has 0 heterocycles. The Balaban J connectivity index is 2.71. The number of rotatable bonds is 3. The van der Waals surface area contributed by atoms with Crippen LogP contribution in [-0.2, 0) is 6.54 Å². The molecule has 94 valence electrons. The lowest BCUT2D eigenvalue weighted by Gasteiger charge is -2.21. The monoisotopic (exact) mass is 235 g/mol. The van der Waals surface area contributed by atoms with Gasteiger partial charge in [-0.15, -0.1) is 0 Å². The summed E-state index contributed by atoms with van der Waals surface area (Å²) in [5.74, 6) is 0. The second kappa shape index (κ2) is 5.68. The van der Waals surface area contributed by atoms with Crippen molar-refractivity contribution in [3.8, 4) is 0 Å². The second-order valence-corrected chi connectivity index (χ2v) is 5.02. The van der Waals surface area contributed by atoms with Gasteiger partial charge in [-0.3, -0.25) is 0 Å². The molecule has 0 fully saturated rings. The fourth-order valence-corrected chi connectivity index (χ4v) is 1.48. The number of amides is 2. The van der Waals surface area contributed by atoms with Crippen LogP contribution < -0.4 is 16.0 Å². The third-order valence-corrected chi connectivity index (χ3v) is 2.12. The van der Waals surface area contributed by atoms with Crippen LogP contribution in [0.4, 0.5) is 10.5 Å². The topological polar surface area (TPSA) is 53.2 Å². The molecule has 0 aliphatic heterocycles. The largest absolute Gasteiger partial charge is 0.333 e. The predicted molar refractivity (Wildman–Crippen MR) is 71.1 cm³/mol. The van der Waals surface area contributed by atoms with Gasteiger partial charge in [-0.2, -0.15) is 0 Å². The Kier molecular flexibility index (Phi) is 4.52. The average Bonchev–Trinajstić information content (AvgIpc) is 2.18. The number of hydrogen-bond acceptors (Lipinski definition) is 2. The molecule has 0 saturated heterocycles. The van der Waals surface area contributed by atoms with Crippen molar-refractivity contribution in [2.24, 2.45) is 0 Å². The Hall–Kier alpha value is -1.55. The van der Waals surface area contributed by atoms with Crippen molar-refractivity contribution in [3.05, 3.63) is 29.8 Å². The van der Waals surface area contributed by atoms with Crippen LogP contribution in [-0.4, -0.2) is 18.6 Å². The van der Waals surface area contributed by atoms with E-state index in [2.05, 4.69) is 16.0 Å². The van der Waals surface area contributed by atoms with Crippen molar-refractivity contribution in [2.75, 3.05) is 12.4 Å². The molecule has 0 saturated carbocycles. The third kappa shape index (κ3) is 4.87. The minimum Gasteiger partial charge on any atom is -0.333 e. The summed E-state index contributed by atoms with van der Waals surface area (Å²) in [5.41, 5.74) is 1.67. The minimum atomic E-state index is -0.234. The summed E-state index contributed by atoms with van der Waals surface area (Å²) in [7, 11) is 1.88. The number of urea groups is 1. The number of carbonyl (C=O) groups excluding carboxylic acids is 1. The first kappa shape index (κ1) is 13.5. The van der Waals surface area contributed by atoms with E-state index in [9.17, 15) is 4.79 Å². The van der Waals surface area contributed by atoms with Crippen molar-refractivity contribution >= 4 is 11.7 Å². The molecule has 2 amide bonds. The fourth-order valence-electron chi connectivity index (χ4n) is 1.48. The van der Waals surface area contributed by atoms with E-state index >= 15 is 0 Å². The molecule has 3 N–H and O–H groups in total. The van der Waals surface area contributed by atoms with Crippen molar-refractivity contribution in [1.29, 1.82) is 0 Å². The molecular formula is C13H21N3O. The Bertz CT molecular complexity index is 382. The SMILES string of the molecule is CNCc1ccccc1NC(=O)NC(C)(C)C. The summed E-state index contributed by atoms with van der Waals surface area (Å²) in [6, 6.07) is 7.57. The van der Waals surface area contributed by atoms with Crippen molar-refractivity contribution in [2.45, 2.75) is 32.9 Å². The summed E-state index contributed by atoms with van der Waals surface area (Å²) in [6.07, 6.45) is 0. The Labute approximate surface area is 103 Å². The van der Waals surface area contributed by atoms with E-state index in [1.165, 1.54) is 0 Å². The third-order valence-electron chi connectivity index (χ3n) is 2.12. The Morgan fingerprint density at radius 2 is 1.88 bits per heavy atom. The van der Waals surface area contributed by atoms with Gasteiger partial charge in [0.1, 0.15) is 0 Å². The lowest BCUT2D eigenvalue weighted by molar-refractivity contribution is 0.244. The molecule has 0 aliphatic carbocycles. The highest BCUT2D eigenvalue weighted by molar-refractivity contribution is 5.90. The van der Waals surface area contributed by atoms with E-state index in [1.807, 2.05) is 52.1 Å². The molecule has 1 aromatic rings. The lowest BCUT2D eigenvalue weighted by atomic mass is 10.1. The molecule has 0 aromatic heterocycles. The number of carbonyl (C=O) groups is 1. The molecule has 1 rings (SSSR count). The molecule has 0 aliphatic rings. The van der Waals surface area contributed by atoms with E-state index in [0.29, 0.717) is 0 Å². The summed E-state index contributed by atoms with van der Waals surface area (Å²) >= 11 is 0. The molecule has 4 heteroatoms. The van der Waals surface area contributed by atoms with Crippen molar-refractivity contribution in [3.63, 3.8) is 0 Å². The number of benzene rings is 1. The van der Waals surface area contributed by atoms with Gasteiger partial charge in [0.05, 0.1) is 0 Å². The number of anilines is 1. The van der Waals surface area contributed by atoms with Crippen molar-refractivity contribution in [1.82, 2.24) is 10.6 Å². The zero-order valence-electron chi connectivity index (χ0n) is 10.9. The normalized spacial score (nSPS) is 11.1. The quantitative estimate of drug-likeness (QED) is 0.753. The molecule has 1 aromatic carbocycles. The Morgan fingerprint density at radius 1 is 1.24 bits per heavy atom. The zero-order valence-corrected chi connectivity index (χ0v) is 10.9. The molecule has 0 bridgehead atoms. The van der Waals surface area contributed by atoms with E-state index in [4.69, 9.17) is 0 Å². The standard InChI is InChI=1S/C13H21N3O/c1-13(2,3)16-12(17)15-11-8-6-5-7-10(11)9-14-4/h5-8,14H,9H2,1-4H3,(H2,15,16,17). The first-order valence-corrected chi connectivity index (χ1v) is 5.74. The highest BCUT2D eigenvalue weighted by Gasteiger charge is 2.14. The molecule has 0 atom stereocenters. The van der Waals surface area contributed by atoms with Crippen LogP contribution in [0.3, 0.4) is 0 Å². The number of nitrogens with one attached hydrogen (secondary N) is 3. The molecule has 4 nitrogen and oxygen atoms in total. The van der Waals surface area contributed by atoms with Gasteiger partial charge in [0, 0.05) is 17.8 Å². The summed E-state index contributed by atoms with van der Waals surface area (Å²) in [6.45, 7) is 6.58. The summed E-state index contributed by atoms with van der Waals surface area (Å²) in [5, 5.41) is 8.80. The molecular weight excluding hydrogens is 214 g/mol. The first-order chi connectivity index (χ1) is 7.92. The van der Waals surface area contributed by atoms with Gasteiger partial charge in [-0.05, 0) is 39.4 Å². The van der Waals surface area contributed by atoms with Crippen LogP contribution in [0.15, 0.2) is 24.3 Å². The van der Waals surface area contributed by atoms with Gasteiger partial charge in [0.25, 0.3) is 0 Å². The predicted octanol–water partition coefficient (Wildman–Crippen LogP) is 2.33. The van der Waals surface area contributed by atoms with Gasteiger partial charge in [-0.1, -0.05) is 18.2 Å². The van der Waals surface area contributed by atoms with Gasteiger partial charge >= 0.3 is 6.03 Å². The molecule has 0 unspecified atom stereocenters. The van der Waals surface area contributed by atoms with Gasteiger partial charge in [0.2, 0.25) is 0 Å². The smallest absolute Gasteiger partial charge is 0.319 e. The fraction of sp³-hybridized carbons (Fsp3) is 0.462. The average molecular weight is 235 g/mol. The molecule has 0 spiro atoms. The van der Waals surface area contributed by atoms with E-state index in [1.54, 1.807) is 0 Å². The van der Waals surface area contributed by atoms with Crippen LogP contribution in [0.1, 0.15) is 26.3 Å². The van der Waals surface area contributed by atoms with E-state index in [-0.39, 0.29) is 11.6 Å². The van der Waals surface area contributed by atoms with Gasteiger partial charge in [-0.25, -0.2) is 4.79 Å². The Morgan fingerprint density at radius 3 is 2.47 bits per heavy atom. The number of hydrogen-bond donors (Lipinski definition) is 3. The molecule has 17 heavy (non-hydrogen) atoms. The number of para-hydroxylation sites is 1. The summed E-state index contributed by atoms with van der Waals surface area (Å²) < 4.78 is 0. The van der Waals surface area contributed by atoms with E-state index < -0.39 is 0 Å². The van der Waals surface area contributed by atoms with Gasteiger partial charge in [0.15, 0.2) is 0 Å². The highest BCUT2D eigenvalue weighted by atomic mass is 16.2. The van der Waals surface area contributed by atoms with Gasteiger partial charge < -0.3 is 16.0 Å². The maximum Gasteiger partial charge on any atom is 0.319 e.